The number of carbonyl (C=O) groups is 2. The van der Waals surface area contributed by atoms with Crippen LogP contribution in [0.15, 0.2) is 69.6 Å². The standard InChI is InChI=1S/C26H26Br2N2O4/c1-15(2)33-23-11-5-17(13-21(23)27)25(31)29-19-7-9-20(10-8-19)30-26(32)18-6-12-24(22(28)14-18)34-16(3)4/h5-16H,1-4H3,(H,29,31)(H,30,32). The maximum absolute atomic E-state index is 12.6. The van der Waals surface area contributed by atoms with E-state index in [1.54, 1.807) is 60.7 Å². The van der Waals surface area contributed by atoms with Gasteiger partial charge in [-0.1, -0.05) is 0 Å². The molecule has 0 heterocycles. The zero-order valence-electron chi connectivity index (χ0n) is 19.3. The van der Waals surface area contributed by atoms with Gasteiger partial charge in [-0.2, -0.15) is 0 Å². The molecule has 0 saturated heterocycles. The van der Waals surface area contributed by atoms with Gasteiger partial charge in [0.05, 0.1) is 21.2 Å². The number of rotatable bonds is 8. The molecule has 0 unspecified atom stereocenters. The highest BCUT2D eigenvalue weighted by molar-refractivity contribution is 9.10. The van der Waals surface area contributed by atoms with Gasteiger partial charge in [-0.25, -0.2) is 0 Å². The van der Waals surface area contributed by atoms with Crippen LogP contribution in [0, 0.1) is 0 Å². The molecule has 2 amide bonds. The van der Waals surface area contributed by atoms with Gasteiger partial charge in [0.2, 0.25) is 0 Å². The topological polar surface area (TPSA) is 76.7 Å². The third-order valence-electron chi connectivity index (χ3n) is 4.51. The molecule has 0 aromatic heterocycles. The number of nitrogens with one attached hydrogen (secondary N) is 2. The second-order valence-electron chi connectivity index (χ2n) is 8.11. The van der Waals surface area contributed by atoms with Gasteiger partial charge in [-0.3, -0.25) is 9.59 Å². The second kappa shape index (κ2) is 11.5. The monoisotopic (exact) mass is 588 g/mol. The molecule has 0 radical (unpaired) electrons. The fraction of sp³-hybridized carbons (Fsp3) is 0.231. The normalized spacial score (nSPS) is 10.8. The zero-order chi connectivity index (χ0) is 24.8. The lowest BCUT2D eigenvalue weighted by molar-refractivity contribution is 0.101. The first kappa shape index (κ1) is 25.8. The minimum atomic E-state index is -0.248. The van der Waals surface area contributed by atoms with Crippen molar-refractivity contribution in [2.75, 3.05) is 10.6 Å². The number of anilines is 2. The van der Waals surface area contributed by atoms with Gasteiger partial charge < -0.3 is 20.1 Å². The van der Waals surface area contributed by atoms with E-state index >= 15 is 0 Å². The van der Waals surface area contributed by atoms with E-state index < -0.39 is 0 Å². The Morgan fingerprint density at radius 1 is 0.647 bits per heavy atom. The third-order valence-corrected chi connectivity index (χ3v) is 5.75. The van der Waals surface area contributed by atoms with Crippen molar-refractivity contribution in [3.63, 3.8) is 0 Å². The molecule has 178 valence electrons. The Balaban J connectivity index is 1.62. The summed E-state index contributed by atoms with van der Waals surface area (Å²) in [7, 11) is 0. The summed E-state index contributed by atoms with van der Waals surface area (Å²) < 4.78 is 12.8. The first-order chi connectivity index (χ1) is 16.1. The fourth-order valence-electron chi connectivity index (χ4n) is 3.03. The Morgan fingerprint density at radius 3 is 1.29 bits per heavy atom. The van der Waals surface area contributed by atoms with Crippen molar-refractivity contribution in [2.45, 2.75) is 39.9 Å². The van der Waals surface area contributed by atoms with Gasteiger partial charge >= 0.3 is 0 Å². The van der Waals surface area contributed by atoms with Crippen LogP contribution in [0.1, 0.15) is 48.4 Å². The molecule has 3 rings (SSSR count). The van der Waals surface area contributed by atoms with Gasteiger partial charge in [-0.05, 0) is 120 Å². The van der Waals surface area contributed by atoms with Crippen molar-refractivity contribution in [3.05, 3.63) is 80.7 Å². The van der Waals surface area contributed by atoms with E-state index in [9.17, 15) is 9.59 Å². The van der Waals surface area contributed by atoms with Crippen LogP contribution in [-0.4, -0.2) is 24.0 Å². The number of carbonyl (C=O) groups excluding carboxylic acids is 2. The summed E-state index contributed by atoms with van der Waals surface area (Å²) in [5.74, 6) is 0.866. The average Bonchev–Trinajstić information content (AvgIpc) is 2.77. The lowest BCUT2D eigenvalue weighted by atomic mass is 10.2. The molecule has 0 aliphatic heterocycles. The van der Waals surface area contributed by atoms with Crippen LogP contribution >= 0.6 is 31.9 Å². The summed E-state index contributed by atoms with van der Waals surface area (Å²) in [5, 5.41) is 5.71. The molecule has 0 fully saturated rings. The molecule has 3 aromatic carbocycles. The van der Waals surface area contributed by atoms with Crippen molar-refractivity contribution in [2.24, 2.45) is 0 Å². The van der Waals surface area contributed by atoms with Gasteiger partial charge in [0.25, 0.3) is 11.8 Å². The molecule has 0 bridgehead atoms. The highest BCUT2D eigenvalue weighted by Crippen LogP contribution is 2.28. The number of ether oxygens (including phenoxy) is 2. The Labute approximate surface area is 216 Å². The van der Waals surface area contributed by atoms with Crippen LogP contribution in [-0.2, 0) is 0 Å². The highest BCUT2D eigenvalue weighted by Gasteiger charge is 2.13. The summed E-state index contributed by atoms with van der Waals surface area (Å²) in [5.41, 5.74) is 2.21. The summed E-state index contributed by atoms with van der Waals surface area (Å²) in [6.45, 7) is 7.76. The summed E-state index contributed by atoms with van der Waals surface area (Å²) >= 11 is 6.89. The van der Waals surface area contributed by atoms with Crippen LogP contribution in [0.5, 0.6) is 11.5 Å². The van der Waals surface area contributed by atoms with E-state index in [0.29, 0.717) is 42.9 Å². The van der Waals surface area contributed by atoms with Crippen LogP contribution in [0.25, 0.3) is 0 Å². The van der Waals surface area contributed by atoms with Gasteiger partial charge in [-0.15, -0.1) is 0 Å². The van der Waals surface area contributed by atoms with E-state index in [0.717, 1.165) is 0 Å². The van der Waals surface area contributed by atoms with Crippen molar-refractivity contribution < 1.29 is 19.1 Å². The Hall–Kier alpha value is -2.84. The predicted octanol–water partition coefficient (Wildman–Crippen LogP) is 7.29. The lowest BCUT2D eigenvalue weighted by Gasteiger charge is -2.13. The molecule has 8 heteroatoms. The van der Waals surface area contributed by atoms with Gasteiger partial charge in [0.1, 0.15) is 11.5 Å². The molecule has 6 nitrogen and oxygen atoms in total. The first-order valence-corrected chi connectivity index (χ1v) is 12.4. The third kappa shape index (κ3) is 7.08. The molecule has 0 spiro atoms. The Morgan fingerprint density at radius 2 is 1.00 bits per heavy atom. The molecule has 34 heavy (non-hydrogen) atoms. The number of benzene rings is 3. The maximum atomic E-state index is 12.6. The minimum Gasteiger partial charge on any atom is -0.490 e. The Bertz CT molecular complexity index is 1090. The quantitative estimate of drug-likeness (QED) is 0.289. The lowest BCUT2D eigenvalue weighted by Crippen LogP contribution is -2.14. The van der Waals surface area contributed by atoms with Crippen LogP contribution in [0.4, 0.5) is 11.4 Å². The van der Waals surface area contributed by atoms with Gasteiger partial charge in [0.15, 0.2) is 0 Å². The summed E-state index contributed by atoms with van der Waals surface area (Å²) in [6, 6.07) is 17.3. The largest absolute Gasteiger partial charge is 0.490 e. The van der Waals surface area contributed by atoms with Crippen molar-refractivity contribution in [1.82, 2.24) is 0 Å². The number of hydrogen-bond acceptors (Lipinski definition) is 4. The van der Waals surface area contributed by atoms with E-state index in [2.05, 4.69) is 42.5 Å². The van der Waals surface area contributed by atoms with E-state index in [1.807, 2.05) is 27.7 Å². The minimum absolute atomic E-state index is 0.0368. The molecule has 0 atom stereocenters. The van der Waals surface area contributed by atoms with Crippen LogP contribution in [0.2, 0.25) is 0 Å². The molecule has 3 aromatic rings. The predicted molar refractivity (Wildman–Crippen MR) is 142 cm³/mol. The summed E-state index contributed by atoms with van der Waals surface area (Å²) in [6.07, 6.45) is 0.0736. The first-order valence-electron chi connectivity index (χ1n) is 10.8. The van der Waals surface area contributed by atoms with Crippen molar-refractivity contribution in [3.8, 4) is 11.5 Å². The van der Waals surface area contributed by atoms with E-state index in [4.69, 9.17) is 9.47 Å². The van der Waals surface area contributed by atoms with Crippen LogP contribution < -0.4 is 20.1 Å². The van der Waals surface area contributed by atoms with E-state index in [-0.39, 0.29) is 24.0 Å². The highest BCUT2D eigenvalue weighted by atomic mass is 79.9. The molecule has 2 N–H and O–H groups in total. The Kier molecular flexibility index (Phi) is 8.74. The number of hydrogen-bond donors (Lipinski definition) is 2. The molecular weight excluding hydrogens is 564 g/mol. The zero-order valence-corrected chi connectivity index (χ0v) is 22.5. The van der Waals surface area contributed by atoms with E-state index in [1.165, 1.54) is 0 Å². The van der Waals surface area contributed by atoms with Crippen LogP contribution in [0.3, 0.4) is 0 Å². The average molecular weight is 590 g/mol. The SMILES string of the molecule is CC(C)Oc1ccc(C(=O)Nc2ccc(NC(=O)c3ccc(OC(C)C)c(Br)c3)cc2)cc1Br. The molecule has 0 aliphatic rings. The molecule has 0 aliphatic carbocycles. The van der Waals surface area contributed by atoms with Gasteiger partial charge in [0, 0.05) is 22.5 Å². The molecule has 0 saturated carbocycles. The number of amides is 2. The molecular formula is C26H26Br2N2O4. The van der Waals surface area contributed by atoms with Crippen molar-refractivity contribution >= 4 is 55.0 Å². The second-order valence-corrected chi connectivity index (χ2v) is 9.82. The smallest absolute Gasteiger partial charge is 0.255 e. The summed E-state index contributed by atoms with van der Waals surface area (Å²) in [4.78, 5) is 25.2. The van der Waals surface area contributed by atoms with Crippen molar-refractivity contribution in [1.29, 1.82) is 0 Å². The fourth-order valence-corrected chi connectivity index (χ4v) is 3.97. The number of halogens is 2. The maximum Gasteiger partial charge on any atom is 0.255 e.